The lowest BCUT2D eigenvalue weighted by Crippen LogP contribution is -2.49. The van der Waals surface area contributed by atoms with Gasteiger partial charge in [0.15, 0.2) is 0 Å². The second-order valence-electron chi connectivity index (χ2n) is 6.72. The molecule has 6 heteroatoms. The fraction of sp³-hybridized carbons (Fsp3) is 0.750. The van der Waals surface area contributed by atoms with Gasteiger partial charge in [0.1, 0.15) is 11.3 Å². The van der Waals surface area contributed by atoms with Crippen LogP contribution >= 0.6 is 0 Å². The van der Waals surface area contributed by atoms with Gasteiger partial charge in [-0.1, -0.05) is 6.08 Å². The van der Waals surface area contributed by atoms with Crippen molar-refractivity contribution in [2.24, 2.45) is 0 Å². The van der Waals surface area contributed by atoms with Crippen LogP contribution in [0.5, 0.6) is 0 Å². The fourth-order valence-electron chi connectivity index (χ4n) is 2.41. The molecule has 2 atom stereocenters. The number of ether oxygens (including phenoxy) is 3. The summed E-state index contributed by atoms with van der Waals surface area (Å²) in [5, 5.41) is 0. The molecule has 6 nitrogen and oxygen atoms in total. The Balaban J connectivity index is 2.97. The van der Waals surface area contributed by atoms with Crippen LogP contribution in [0, 0.1) is 0 Å². The molecule has 0 aromatic heterocycles. The number of esters is 1. The van der Waals surface area contributed by atoms with Crippen LogP contribution < -0.4 is 0 Å². The summed E-state index contributed by atoms with van der Waals surface area (Å²) in [6.45, 7) is 12.9. The van der Waals surface area contributed by atoms with E-state index in [1.165, 1.54) is 11.0 Å². The highest BCUT2D eigenvalue weighted by Gasteiger charge is 2.48. The summed E-state index contributed by atoms with van der Waals surface area (Å²) in [5.41, 5.74) is -1.42. The summed E-state index contributed by atoms with van der Waals surface area (Å²) in [7, 11) is 0. The molecule has 0 aromatic carbocycles. The quantitative estimate of drug-likeness (QED) is 0.592. The number of carbonyl (C=O) groups is 2. The highest BCUT2D eigenvalue weighted by atomic mass is 16.6. The first-order valence-corrected chi connectivity index (χ1v) is 7.53. The average molecular weight is 313 g/mol. The molecule has 1 aliphatic heterocycles. The van der Waals surface area contributed by atoms with Crippen molar-refractivity contribution in [1.82, 2.24) is 4.90 Å². The molecule has 0 aliphatic carbocycles. The van der Waals surface area contributed by atoms with E-state index in [2.05, 4.69) is 0 Å². The van der Waals surface area contributed by atoms with Crippen molar-refractivity contribution in [2.45, 2.75) is 71.9 Å². The maximum atomic E-state index is 12.5. The molecule has 0 bridgehead atoms. The van der Waals surface area contributed by atoms with Gasteiger partial charge >= 0.3 is 12.1 Å². The lowest BCUT2D eigenvalue weighted by atomic mass is 10.1. The van der Waals surface area contributed by atoms with Crippen LogP contribution in [0.25, 0.3) is 0 Å². The SMILES string of the molecule is CCOC(=O)/C=C/[C@H]1[C@H](C)OC(C)(C)N1C(=O)OC(C)(C)C. The second kappa shape index (κ2) is 6.69. The maximum absolute atomic E-state index is 12.5. The van der Waals surface area contributed by atoms with Crippen molar-refractivity contribution in [3.05, 3.63) is 12.2 Å². The first kappa shape index (κ1) is 18.5. The molecule has 0 aromatic rings. The third-order valence-corrected chi connectivity index (χ3v) is 3.14. The van der Waals surface area contributed by atoms with Gasteiger partial charge in [-0.05, 0) is 48.5 Å². The lowest BCUT2D eigenvalue weighted by molar-refractivity contribution is -0.137. The predicted molar refractivity (Wildman–Crippen MR) is 82.3 cm³/mol. The molecule has 0 spiro atoms. The number of rotatable bonds is 3. The van der Waals surface area contributed by atoms with Crippen LogP contribution in [0.1, 0.15) is 48.5 Å². The molecule has 1 rings (SSSR count). The van der Waals surface area contributed by atoms with Gasteiger partial charge in [-0.25, -0.2) is 9.59 Å². The number of nitrogens with zero attached hydrogens (tertiary/aromatic N) is 1. The van der Waals surface area contributed by atoms with Crippen LogP contribution in [0.15, 0.2) is 12.2 Å². The number of hydrogen-bond acceptors (Lipinski definition) is 5. The van der Waals surface area contributed by atoms with E-state index in [9.17, 15) is 9.59 Å². The third-order valence-electron chi connectivity index (χ3n) is 3.14. The number of carbonyl (C=O) groups excluding carboxylic acids is 2. The van der Waals surface area contributed by atoms with Gasteiger partial charge in [0, 0.05) is 6.08 Å². The van der Waals surface area contributed by atoms with Crippen molar-refractivity contribution >= 4 is 12.1 Å². The average Bonchev–Trinajstić information content (AvgIpc) is 2.53. The number of amides is 1. The molecule has 0 unspecified atom stereocenters. The lowest BCUT2D eigenvalue weighted by Gasteiger charge is -2.34. The highest BCUT2D eigenvalue weighted by Crippen LogP contribution is 2.34. The van der Waals surface area contributed by atoms with E-state index in [0.717, 1.165) is 0 Å². The zero-order valence-corrected chi connectivity index (χ0v) is 14.5. The Labute approximate surface area is 132 Å². The predicted octanol–water partition coefficient (Wildman–Crippen LogP) is 2.87. The molecule has 1 amide bonds. The van der Waals surface area contributed by atoms with Crippen LogP contribution in [0.2, 0.25) is 0 Å². The largest absolute Gasteiger partial charge is 0.463 e. The minimum Gasteiger partial charge on any atom is -0.463 e. The first-order valence-electron chi connectivity index (χ1n) is 7.53. The molecule has 1 fully saturated rings. The summed E-state index contributed by atoms with van der Waals surface area (Å²) < 4.78 is 16.1. The van der Waals surface area contributed by atoms with Gasteiger partial charge < -0.3 is 14.2 Å². The molecule has 1 aliphatic rings. The van der Waals surface area contributed by atoms with Crippen molar-refractivity contribution in [3.63, 3.8) is 0 Å². The first-order chi connectivity index (χ1) is 9.98. The Hall–Kier alpha value is -1.56. The van der Waals surface area contributed by atoms with Crippen molar-refractivity contribution in [3.8, 4) is 0 Å². The van der Waals surface area contributed by atoms with Gasteiger partial charge in [0.2, 0.25) is 0 Å². The molecule has 0 saturated carbocycles. The maximum Gasteiger partial charge on any atom is 0.413 e. The normalized spacial score (nSPS) is 24.6. The van der Waals surface area contributed by atoms with E-state index in [-0.39, 0.29) is 6.10 Å². The molecular formula is C16H27NO5. The monoisotopic (exact) mass is 313 g/mol. The molecular weight excluding hydrogens is 286 g/mol. The Morgan fingerprint density at radius 2 is 1.91 bits per heavy atom. The van der Waals surface area contributed by atoms with Crippen molar-refractivity contribution < 1.29 is 23.8 Å². The summed E-state index contributed by atoms with van der Waals surface area (Å²) in [5.74, 6) is -0.441. The summed E-state index contributed by atoms with van der Waals surface area (Å²) in [4.78, 5) is 25.5. The third kappa shape index (κ3) is 4.73. The van der Waals surface area contributed by atoms with E-state index < -0.39 is 29.4 Å². The van der Waals surface area contributed by atoms with Gasteiger partial charge in [-0.15, -0.1) is 0 Å². The zero-order valence-electron chi connectivity index (χ0n) is 14.5. The number of hydrogen-bond donors (Lipinski definition) is 0. The molecule has 0 N–H and O–H groups in total. The molecule has 22 heavy (non-hydrogen) atoms. The second-order valence-corrected chi connectivity index (χ2v) is 6.72. The standard InChI is InChI=1S/C16H27NO5/c1-8-20-13(18)10-9-12-11(2)21-16(6,7)17(12)14(19)22-15(3,4)5/h9-12H,8H2,1-7H3/b10-9+/t11-,12-/m0/s1. The molecule has 1 saturated heterocycles. The Bertz CT molecular complexity index is 450. The van der Waals surface area contributed by atoms with Crippen LogP contribution in [-0.4, -0.2) is 47.0 Å². The van der Waals surface area contributed by atoms with E-state index in [4.69, 9.17) is 14.2 Å². The van der Waals surface area contributed by atoms with E-state index in [1.807, 2.05) is 27.7 Å². The van der Waals surface area contributed by atoms with Crippen molar-refractivity contribution in [2.75, 3.05) is 6.61 Å². The Morgan fingerprint density at radius 1 is 1.32 bits per heavy atom. The topological polar surface area (TPSA) is 65.1 Å². The van der Waals surface area contributed by atoms with Crippen LogP contribution in [0.3, 0.4) is 0 Å². The van der Waals surface area contributed by atoms with Gasteiger partial charge in [-0.3, -0.25) is 4.90 Å². The summed E-state index contributed by atoms with van der Waals surface area (Å²) >= 11 is 0. The van der Waals surface area contributed by atoms with Crippen molar-refractivity contribution in [1.29, 1.82) is 0 Å². The summed E-state index contributed by atoms with van der Waals surface area (Å²) in [6.07, 6.45) is 2.22. The molecule has 126 valence electrons. The van der Waals surface area contributed by atoms with E-state index >= 15 is 0 Å². The minimum absolute atomic E-state index is 0.256. The molecule has 1 heterocycles. The zero-order chi connectivity index (χ0) is 17.1. The van der Waals surface area contributed by atoms with Gasteiger partial charge in [-0.2, -0.15) is 0 Å². The smallest absolute Gasteiger partial charge is 0.413 e. The van der Waals surface area contributed by atoms with Crippen LogP contribution in [-0.2, 0) is 19.0 Å². The Morgan fingerprint density at radius 3 is 2.41 bits per heavy atom. The molecule has 0 radical (unpaired) electrons. The minimum atomic E-state index is -0.814. The van der Waals surface area contributed by atoms with E-state index in [0.29, 0.717) is 6.61 Å². The van der Waals surface area contributed by atoms with Crippen LogP contribution in [0.4, 0.5) is 4.79 Å². The Kier molecular flexibility index (Phi) is 5.62. The summed E-state index contributed by atoms with van der Waals surface area (Å²) in [6, 6.07) is -0.394. The fourth-order valence-corrected chi connectivity index (χ4v) is 2.41. The highest BCUT2D eigenvalue weighted by molar-refractivity contribution is 5.82. The van der Waals surface area contributed by atoms with Gasteiger partial charge in [0.05, 0.1) is 18.8 Å². The van der Waals surface area contributed by atoms with Gasteiger partial charge in [0.25, 0.3) is 0 Å². The van der Waals surface area contributed by atoms with E-state index in [1.54, 1.807) is 26.8 Å².